The fraction of sp³-hybridized carbons (Fsp3) is 0.273. The predicted octanol–water partition coefficient (Wildman–Crippen LogP) is 3.13. The maximum absolute atomic E-state index is 13.1. The lowest BCUT2D eigenvalue weighted by Crippen LogP contribution is -2.29. The first kappa shape index (κ1) is 20.9. The van der Waals surface area contributed by atoms with Crippen LogP contribution in [0.5, 0.6) is 11.6 Å². The van der Waals surface area contributed by atoms with Crippen LogP contribution < -0.4 is 15.0 Å². The molecule has 1 amide bonds. The lowest BCUT2D eigenvalue weighted by atomic mass is 10.1. The molecule has 1 fully saturated rings. The first-order valence-corrected chi connectivity index (χ1v) is 10.1. The molecule has 0 bridgehead atoms. The Balaban J connectivity index is 1.60. The van der Waals surface area contributed by atoms with Gasteiger partial charge in [0.05, 0.1) is 31.0 Å². The molecule has 1 atom stereocenters. The summed E-state index contributed by atoms with van der Waals surface area (Å²) < 4.78 is 10.6. The second kappa shape index (κ2) is 8.77. The van der Waals surface area contributed by atoms with Crippen LogP contribution in [0.25, 0.3) is 11.3 Å². The van der Waals surface area contributed by atoms with Crippen molar-refractivity contribution in [1.82, 2.24) is 19.9 Å². The second-order valence-corrected chi connectivity index (χ2v) is 7.59. The Hall–Kier alpha value is -3.39. The van der Waals surface area contributed by atoms with Crippen molar-refractivity contribution in [2.75, 3.05) is 27.3 Å². The van der Waals surface area contributed by atoms with E-state index in [0.29, 0.717) is 58.8 Å². The van der Waals surface area contributed by atoms with Gasteiger partial charge in [0.1, 0.15) is 11.6 Å². The topological polar surface area (TPSA) is 97.4 Å². The number of H-pyrrole nitrogens is 1. The van der Waals surface area contributed by atoms with Gasteiger partial charge in [-0.25, -0.2) is 9.97 Å². The third kappa shape index (κ3) is 4.25. The van der Waals surface area contributed by atoms with Crippen molar-refractivity contribution in [3.8, 4) is 22.9 Å². The molecular formula is C22H21ClN4O4. The summed E-state index contributed by atoms with van der Waals surface area (Å²) in [5.74, 6) is 1.11. The van der Waals surface area contributed by atoms with Gasteiger partial charge >= 0.3 is 0 Å². The number of ether oxygens (including phenoxy) is 2. The molecule has 0 saturated carbocycles. The standard InChI is InChI=1S/C22H21ClN4O4/c1-30-18-6-5-14(23)10-16(18)22(29)27-9-7-13(12-27)20-25-17(11-19(28)26-20)15-4-3-8-24-21(15)31-2/h3-6,8,10-11,13H,7,9,12H2,1-2H3,(H,25,26,28)/t13-/m0/s1. The lowest BCUT2D eigenvalue weighted by molar-refractivity contribution is 0.0787. The van der Waals surface area contributed by atoms with E-state index in [1.54, 1.807) is 41.4 Å². The molecule has 0 unspecified atom stereocenters. The number of hydrogen-bond donors (Lipinski definition) is 1. The Morgan fingerprint density at radius 1 is 1.23 bits per heavy atom. The summed E-state index contributed by atoms with van der Waals surface area (Å²) in [6.07, 6.45) is 2.28. The van der Waals surface area contributed by atoms with E-state index in [4.69, 9.17) is 21.1 Å². The number of nitrogens with zero attached hydrogens (tertiary/aromatic N) is 3. The highest BCUT2D eigenvalue weighted by Gasteiger charge is 2.31. The number of aromatic amines is 1. The number of carbonyl (C=O) groups excluding carboxylic acids is 1. The Morgan fingerprint density at radius 2 is 2.06 bits per heavy atom. The minimum atomic E-state index is -0.271. The minimum absolute atomic E-state index is 0.107. The highest BCUT2D eigenvalue weighted by atomic mass is 35.5. The van der Waals surface area contributed by atoms with E-state index in [1.165, 1.54) is 20.3 Å². The Labute approximate surface area is 183 Å². The molecule has 1 aliphatic heterocycles. The molecule has 2 aromatic heterocycles. The van der Waals surface area contributed by atoms with Crippen molar-refractivity contribution in [3.05, 3.63) is 69.4 Å². The molecule has 3 heterocycles. The summed E-state index contributed by atoms with van der Waals surface area (Å²) in [7, 11) is 3.03. The lowest BCUT2D eigenvalue weighted by Gasteiger charge is -2.18. The maximum atomic E-state index is 13.1. The van der Waals surface area contributed by atoms with Gasteiger partial charge in [-0.3, -0.25) is 9.59 Å². The van der Waals surface area contributed by atoms with E-state index in [0.717, 1.165) is 0 Å². The average molecular weight is 441 g/mol. The van der Waals surface area contributed by atoms with Crippen molar-refractivity contribution >= 4 is 17.5 Å². The van der Waals surface area contributed by atoms with Gasteiger partial charge in [-0.05, 0) is 36.8 Å². The van der Waals surface area contributed by atoms with Crippen molar-refractivity contribution < 1.29 is 14.3 Å². The summed E-state index contributed by atoms with van der Waals surface area (Å²) >= 11 is 6.08. The van der Waals surface area contributed by atoms with Crippen LogP contribution in [0.3, 0.4) is 0 Å². The van der Waals surface area contributed by atoms with Crippen molar-refractivity contribution in [2.45, 2.75) is 12.3 Å². The summed E-state index contributed by atoms with van der Waals surface area (Å²) in [5.41, 5.74) is 1.25. The predicted molar refractivity (Wildman–Crippen MR) is 116 cm³/mol. The number of pyridine rings is 1. The van der Waals surface area contributed by atoms with E-state index in [1.807, 2.05) is 0 Å². The number of aromatic nitrogens is 3. The molecule has 8 nitrogen and oxygen atoms in total. The molecule has 4 rings (SSSR count). The van der Waals surface area contributed by atoms with Gasteiger partial charge in [0.15, 0.2) is 0 Å². The van der Waals surface area contributed by atoms with Crippen LogP contribution in [0.4, 0.5) is 0 Å². The number of halogens is 1. The highest BCUT2D eigenvalue weighted by Crippen LogP contribution is 2.31. The van der Waals surface area contributed by atoms with Gasteiger partial charge < -0.3 is 19.4 Å². The average Bonchev–Trinajstić information content (AvgIpc) is 3.28. The number of amides is 1. The van der Waals surface area contributed by atoms with Crippen molar-refractivity contribution in [2.24, 2.45) is 0 Å². The molecule has 1 aromatic carbocycles. The number of carbonyl (C=O) groups is 1. The van der Waals surface area contributed by atoms with Crippen molar-refractivity contribution in [3.63, 3.8) is 0 Å². The number of nitrogens with one attached hydrogen (secondary N) is 1. The monoisotopic (exact) mass is 440 g/mol. The molecule has 0 spiro atoms. The Bertz CT molecular complexity index is 1180. The number of methoxy groups -OCH3 is 2. The molecular weight excluding hydrogens is 420 g/mol. The number of hydrogen-bond acceptors (Lipinski definition) is 6. The zero-order chi connectivity index (χ0) is 22.0. The van der Waals surface area contributed by atoms with Crippen LogP contribution in [0.1, 0.15) is 28.5 Å². The van der Waals surface area contributed by atoms with E-state index >= 15 is 0 Å². The number of likely N-dealkylation sites (tertiary alicyclic amines) is 1. The van der Waals surface area contributed by atoms with Gasteiger partial charge in [-0.2, -0.15) is 0 Å². The molecule has 0 radical (unpaired) electrons. The minimum Gasteiger partial charge on any atom is -0.496 e. The molecule has 9 heteroatoms. The zero-order valence-electron chi connectivity index (χ0n) is 17.1. The van der Waals surface area contributed by atoms with Gasteiger partial charge in [0.25, 0.3) is 11.5 Å². The van der Waals surface area contributed by atoms with Crippen LogP contribution in [-0.4, -0.2) is 53.1 Å². The molecule has 1 aliphatic rings. The van der Waals surface area contributed by atoms with Crippen LogP contribution in [-0.2, 0) is 0 Å². The summed E-state index contributed by atoms with van der Waals surface area (Å²) in [6.45, 7) is 0.953. The van der Waals surface area contributed by atoms with Crippen LogP contribution in [0, 0.1) is 0 Å². The SMILES string of the molecule is COc1ccc(Cl)cc1C(=O)N1CC[C@H](c2nc(-c3cccnc3OC)cc(=O)[nH]2)C1. The van der Waals surface area contributed by atoms with E-state index < -0.39 is 0 Å². The molecule has 1 N–H and O–H groups in total. The van der Waals surface area contributed by atoms with E-state index in [9.17, 15) is 9.59 Å². The first-order chi connectivity index (χ1) is 15.0. The zero-order valence-corrected chi connectivity index (χ0v) is 17.8. The largest absolute Gasteiger partial charge is 0.496 e. The molecule has 0 aliphatic carbocycles. The van der Waals surface area contributed by atoms with E-state index in [2.05, 4.69) is 15.0 Å². The summed E-state index contributed by atoms with van der Waals surface area (Å²) in [6, 6.07) is 9.93. The number of rotatable bonds is 5. The van der Waals surface area contributed by atoms with Crippen LogP contribution in [0.15, 0.2) is 47.4 Å². The smallest absolute Gasteiger partial charge is 0.257 e. The Kier molecular flexibility index (Phi) is 5.90. The normalized spacial score (nSPS) is 15.7. The van der Waals surface area contributed by atoms with Gasteiger partial charge in [-0.15, -0.1) is 0 Å². The quantitative estimate of drug-likeness (QED) is 0.654. The molecule has 31 heavy (non-hydrogen) atoms. The molecule has 160 valence electrons. The third-order valence-electron chi connectivity index (χ3n) is 5.25. The van der Waals surface area contributed by atoms with Gasteiger partial charge in [0, 0.05) is 36.3 Å². The summed E-state index contributed by atoms with van der Waals surface area (Å²) in [4.78, 5) is 38.8. The summed E-state index contributed by atoms with van der Waals surface area (Å²) in [5, 5.41) is 0.462. The molecule has 1 saturated heterocycles. The fourth-order valence-electron chi connectivity index (χ4n) is 3.74. The second-order valence-electron chi connectivity index (χ2n) is 7.16. The van der Waals surface area contributed by atoms with Crippen LogP contribution in [0.2, 0.25) is 5.02 Å². The first-order valence-electron chi connectivity index (χ1n) is 9.73. The van der Waals surface area contributed by atoms with Gasteiger partial charge in [-0.1, -0.05) is 11.6 Å². The highest BCUT2D eigenvalue weighted by molar-refractivity contribution is 6.31. The Morgan fingerprint density at radius 3 is 2.84 bits per heavy atom. The maximum Gasteiger partial charge on any atom is 0.257 e. The van der Waals surface area contributed by atoms with Crippen LogP contribution >= 0.6 is 11.6 Å². The van der Waals surface area contributed by atoms with E-state index in [-0.39, 0.29) is 17.4 Å². The third-order valence-corrected chi connectivity index (χ3v) is 5.49. The fourth-order valence-corrected chi connectivity index (χ4v) is 3.91. The number of benzene rings is 1. The van der Waals surface area contributed by atoms with Crippen molar-refractivity contribution in [1.29, 1.82) is 0 Å². The van der Waals surface area contributed by atoms with Gasteiger partial charge in [0.2, 0.25) is 5.88 Å². The molecule has 3 aromatic rings.